The van der Waals surface area contributed by atoms with Crippen LogP contribution in [0.3, 0.4) is 0 Å². The maximum Gasteiger partial charge on any atom is 0.307 e. The molecule has 0 aliphatic carbocycles. The summed E-state index contributed by atoms with van der Waals surface area (Å²) in [5.41, 5.74) is 2.67. The summed E-state index contributed by atoms with van der Waals surface area (Å²) < 4.78 is 5.55. The van der Waals surface area contributed by atoms with Crippen LogP contribution in [0.1, 0.15) is 5.56 Å². The third-order valence-electron chi connectivity index (χ3n) is 2.72. The Kier molecular flexibility index (Phi) is 3.04. The number of nitrogens with one attached hydrogen (secondary N) is 1. The molecule has 3 aromatic rings. The first-order valence-corrected chi connectivity index (χ1v) is 5.99. The van der Waals surface area contributed by atoms with Gasteiger partial charge < -0.3 is 14.8 Å². The van der Waals surface area contributed by atoms with Gasteiger partial charge in [-0.2, -0.15) is 4.98 Å². The Morgan fingerprint density at radius 3 is 3.00 bits per heavy atom. The molecule has 1 aromatic carbocycles. The van der Waals surface area contributed by atoms with Gasteiger partial charge in [0.05, 0.1) is 18.3 Å². The first kappa shape index (κ1) is 12.2. The highest BCUT2D eigenvalue weighted by molar-refractivity contribution is 5.78. The average Bonchev–Trinajstić information content (AvgIpc) is 2.80. The average molecular weight is 269 g/mol. The molecule has 0 aliphatic rings. The highest BCUT2D eigenvalue weighted by Gasteiger charge is 2.08. The standard InChI is InChI=1S/C14H11N3O3/c18-13(19)7-9-3-4-11-12(6-9)20-14(17-11)16-10-2-1-5-15-8-10/h1-6,8H,7H2,(H,16,17)(H,18,19). The number of fused-ring (bicyclic) bond motifs is 1. The molecule has 0 spiro atoms. The Bertz CT molecular complexity index is 753. The Balaban J connectivity index is 1.88. The fourth-order valence-electron chi connectivity index (χ4n) is 1.87. The van der Waals surface area contributed by atoms with Gasteiger partial charge in [0.1, 0.15) is 5.52 Å². The molecule has 2 N–H and O–H groups in total. The van der Waals surface area contributed by atoms with Crippen LogP contribution < -0.4 is 5.32 Å². The summed E-state index contributed by atoms with van der Waals surface area (Å²) in [6.07, 6.45) is 3.29. The maximum absolute atomic E-state index is 10.7. The van der Waals surface area contributed by atoms with Crippen molar-refractivity contribution in [3.63, 3.8) is 0 Å². The fraction of sp³-hybridized carbons (Fsp3) is 0.0714. The van der Waals surface area contributed by atoms with E-state index in [1.54, 1.807) is 36.7 Å². The highest BCUT2D eigenvalue weighted by atomic mass is 16.4. The lowest BCUT2D eigenvalue weighted by Gasteiger charge is -1.98. The van der Waals surface area contributed by atoms with E-state index < -0.39 is 5.97 Å². The minimum Gasteiger partial charge on any atom is -0.481 e. The highest BCUT2D eigenvalue weighted by Crippen LogP contribution is 2.22. The number of hydrogen-bond acceptors (Lipinski definition) is 5. The first-order valence-electron chi connectivity index (χ1n) is 5.99. The third-order valence-corrected chi connectivity index (χ3v) is 2.72. The molecule has 0 unspecified atom stereocenters. The van der Waals surface area contributed by atoms with Crippen LogP contribution in [0.5, 0.6) is 0 Å². The van der Waals surface area contributed by atoms with E-state index in [2.05, 4.69) is 15.3 Å². The molecule has 6 nitrogen and oxygen atoms in total. The summed E-state index contributed by atoms with van der Waals surface area (Å²) in [7, 11) is 0. The van der Waals surface area contributed by atoms with E-state index in [-0.39, 0.29) is 6.42 Å². The Morgan fingerprint density at radius 2 is 2.25 bits per heavy atom. The number of pyridine rings is 1. The summed E-state index contributed by atoms with van der Waals surface area (Å²) >= 11 is 0. The van der Waals surface area contributed by atoms with E-state index in [0.29, 0.717) is 22.7 Å². The zero-order chi connectivity index (χ0) is 13.9. The number of anilines is 2. The monoisotopic (exact) mass is 269 g/mol. The molecule has 0 fully saturated rings. The van der Waals surface area contributed by atoms with Crippen molar-refractivity contribution >= 4 is 28.8 Å². The van der Waals surface area contributed by atoms with Crippen LogP contribution in [0.2, 0.25) is 0 Å². The van der Waals surface area contributed by atoms with Crippen molar-refractivity contribution in [2.75, 3.05) is 5.32 Å². The second kappa shape index (κ2) is 5.00. The topological polar surface area (TPSA) is 88.2 Å². The van der Waals surface area contributed by atoms with Crippen molar-refractivity contribution < 1.29 is 14.3 Å². The van der Waals surface area contributed by atoms with Crippen molar-refractivity contribution in [3.05, 3.63) is 48.3 Å². The largest absolute Gasteiger partial charge is 0.481 e. The number of benzene rings is 1. The summed E-state index contributed by atoms with van der Waals surface area (Å²) in [5.74, 6) is -0.877. The van der Waals surface area contributed by atoms with E-state index in [9.17, 15) is 4.79 Å². The van der Waals surface area contributed by atoms with E-state index in [4.69, 9.17) is 9.52 Å². The van der Waals surface area contributed by atoms with Crippen LogP contribution in [0.15, 0.2) is 47.1 Å². The number of rotatable bonds is 4. The van der Waals surface area contributed by atoms with Gasteiger partial charge in [0.15, 0.2) is 5.58 Å². The summed E-state index contributed by atoms with van der Waals surface area (Å²) in [4.78, 5) is 18.9. The first-order chi connectivity index (χ1) is 9.70. The molecule has 6 heteroatoms. The van der Waals surface area contributed by atoms with Gasteiger partial charge in [0.2, 0.25) is 0 Å². The van der Waals surface area contributed by atoms with E-state index in [1.165, 1.54) is 0 Å². The Hall–Kier alpha value is -2.89. The van der Waals surface area contributed by atoms with Crippen LogP contribution in [0.25, 0.3) is 11.1 Å². The van der Waals surface area contributed by atoms with Gasteiger partial charge in [-0.3, -0.25) is 9.78 Å². The number of aromatic nitrogens is 2. The molecule has 0 saturated heterocycles. The van der Waals surface area contributed by atoms with Crippen LogP contribution in [0, 0.1) is 0 Å². The van der Waals surface area contributed by atoms with Crippen molar-refractivity contribution in [3.8, 4) is 0 Å². The number of oxazole rings is 1. The lowest BCUT2D eigenvalue weighted by molar-refractivity contribution is -0.136. The normalized spacial score (nSPS) is 10.6. The molecule has 3 rings (SSSR count). The maximum atomic E-state index is 10.7. The number of carboxylic acid groups (broad SMARTS) is 1. The Morgan fingerprint density at radius 1 is 1.35 bits per heavy atom. The number of carboxylic acids is 1. The summed E-state index contributed by atoms with van der Waals surface area (Å²) in [6.45, 7) is 0. The van der Waals surface area contributed by atoms with Crippen molar-refractivity contribution in [1.82, 2.24) is 9.97 Å². The van der Waals surface area contributed by atoms with Crippen molar-refractivity contribution in [2.45, 2.75) is 6.42 Å². The molecule has 2 heterocycles. The van der Waals surface area contributed by atoms with Gasteiger partial charge in [-0.15, -0.1) is 0 Å². The van der Waals surface area contributed by atoms with E-state index in [1.807, 2.05) is 6.07 Å². The molecule has 0 amide bonds. The minimum atomic E-state index is -0.877. The van der Waals surface area contributed by atoms with Crippen LogP contribution in [-0.2, 0) is 11.2 Å². The molecule has 0 bridgehead atoms. The molecule has 2 aromatic heterocycles. The molecule has 0 aliphatic heterocycles. The summed E-state index contributed by atoms with van der Waals surface area (Å²) in [5, 5.41) is 11.8. The van der Waals surface area contributed by atoms with Crippen molar-refractivity contribution in [2.24, 2.45) is 0 Å². The van der Waals surface area contributed by atoms with Gasteiger partial charge in [-0.05, 0) is 29.8 Å². The van der Waals surface area contributed by atoms with Gasteiger partial charge >= 0.3 is 5.97 Å². The number of hydrogen-bond donors (Lipinski definition) is 2. The molecular formula is C14H11N3O3. The lowest BCUT2D eigenvalue weighted by Crippen LogP contribution is -1.99. The van der Waals surface area contributed by atoms with Crippen molar-refractivity contribution in [1.29, 1.82) is 0 Å². The van der Waals surface area contributed by atoms with E-state index in [0.717, 1.165) is 5.69 Å². The van der Waals surface area contributed by atoms with Gasteiger partial charge in [-0.1, -0.05) is 6.07 Å². The lowest BCUT2D eigenvalue weighted by atomic mass is 10.1. The Labute approximate surface area is 114 Å². The number of nitrogens with zero attached hydrogens (tertiary/aromatic N) is 2. The zero-order valence-electron chi connectivity index (χ0n) is 10.4. The molecule has 0 saturated carbocycles. The third kappa shape index (κ3) is 2.59. The predicted octanol–water partition coefficient (Wildman–Crippen LogP) is 2.59. The zero-order valence-corrected chi connectivity index (χ0v) is 10.4. The molecule has 100 valence electrons. The van der Waals surface area contributed by atoms with Crippen LogP contribution >= 0.6 is 0 Å². The van der Waals surface area contributed by atoms with E-state index >= 15 is 0 Å². The summed E-state index contributed by atoms with van der Waals surface area (Å²) in [6, 6.07) is 9.15. The molecular weight excluding hydrogens is 258 g/mol. The van der Waals surface area contributed by atoms with Crippen LogP contribution in [-0.4, -0.2) is 21.0 Å². The second-order valence-corrected chi connectivity index (χ2v) is 4.26. The predicted molar refractivity (Wildman–Crippen MR) is 72.9 cm³/mol. The number of aliphatic carboxylic acids is 1. The molecule has 0 radical (unpaired) electrons. The van der Waals surface area contributed by atoms with Gasteiger partial charge in [0, 0.05) is 6.20 Å². The van der Waals surface area contributed by atoms with Gasteiger partial charge in [0.25, 0.3) is 6.01 Å². The SMILES string of the molecule is O=C(O)Cc1ccc2nc(Nc3cccnc3)oc2c1. The quantitative estimate of drug-likeness (QED) is 0.756. The number of carbonyl (C=O) groups is 1. The second-order valence-electron chi connectivity index (χ2n) is 4.26. The van der Waals surface area contributed by atoms with Crippen LogP contribution in [0.4, 0.5) is 11.7 Å². The molecule has 20 heavy (non-hydrogen) atoms. The smallest absolute Gasteiger partial charge is 0.307 e. The minimum absolute atomic E-state index is 0.0397. The molecule has 0 atom stereocenters. The fourth-order valence-corrected chi connectivity index (χ4v) is 1.87. The van der Waals surface area contributed by atoms with Gasteiger partial charge in [-0.25, -0.2) is 0 Å².